The Morgan fingerprint density at radius 3 is 1.97 bits per heavy atom. The number of aromatic hydroxyl groups is 1. The molecule has 4 aromatic carbocycles. The van der Waals surface area contributed by atoms with Gasteiger partial charge >= 0.3 is 5.97 Å². The molecule has 1 amide bonds. The third-order valence-electron chi connectivity index (χ3n) is 5.24. The number of esters is 1. The maximum absolute atomic E-state index is 12.7. The van der Waals surface area contributed by atoms with Crippen LogP contribution in [0.5, 0.6) is 5.75 Å². The van der Waals surface area contributed by atoms with Gasteiger partial charge in [0.1, 0.15) is 5.75 Å². The van der Waals surface area contributed by atoms with Crippen molar-refractivity contribution < 1.29 is 19.4 Å². The molecule has 1 atom stereocenters. The standard InChI is InChI=1S/C28H23NO4/c1-19(27(31)29-26-10-6-5-9-25(26)22-7-3-2-4-8-22)33-28(32)23-13-11-20(12-14-23)21-15-17-24(30)18-16-21/h2-19,30H,1H3,(H,29,31). The van der Waals surface area contributed by atoms with E-state index in [0.717, 1.165) is 22.3 Å². The van der Waals surface area contributed by atoms with Gasteiger partial charge in [0.25, 0.3) is 5.91 Å². The highest BCUT2D eigenvalue weighted by atomic mass is 16.5. The summed E-state index contributed by atoms with van der Waals surface area (Å²) in [5.74, 6) is -0.795. The van der Waals surface area contributed by atoms with E-state index in [-0.39, 0.29) is 5.75 Å². The second-order valence-corrected chi connectivity index (χ2v) is 7.57. The second kappa shape index (κ2) is 9.83. The number of carbonyl (C=O) groups excluding carboxylic acids is 2. The summed E-state index contributed by atoms with van der Waals surface area (Å²) in [5.41, 5.74) is 4.67. The SMILES string of the molecule is CC(OC(=O)c1ccc(-c2ccc(O)cc2)cc1)C(=O)Nc1ccccc1-c1ccccc1. The second-order valence-electron chi connectivity index (χ2n) is 7.57. The molecule has 5 heteroatoms. The van der Waals surface area contributed by atoms with E-state index in [2.05, 4.69) is 5.32 Å². The lowest BCUT2D eigenvalue weighted by Crippen LogP contribution is -2.30. The molecule has 1 unspecified atom stereocenters. The number of carbonyl (C=O) groups is 2. The summed E-state index contributed by atoms with van der Waals surface area (Å²) in [6.45, 7) is 1.54. The minimum Gasteiger partial charge on any atom is -0.508 e. The average molecular weight is 437 g/mol. The molecule has 0 fully saturated rings. The molecule has 0 heterocycles. The highest BCUT2D eigenvalue weighted by molar-refractivity contribution is 6.00. The van der Waals surface area contributed by atoms with Crippen LogP contribution >= 0.6 is 0 Å². The van der Waals surface area contributed by atoms with Crippen LogP contribution in [0.1, 0.15) is 17.3 Å². The van der Waals surface area contributed by atoms with Crippen LogP contribution in [0.3, 0.4) is 0 Å². The molecule has 0 radical (unpaired) electrons. The lowest BCUT2D eigenvalue weighted by atomic mass is 10.0. The predicted octanol–water partition coefficient (Wildman–Crippen LogP) is 5.91. The molecule has 4 aromatic rings. The highest BCUT2D eigenvalue weighted by Crippen LogP contribution is 2.28. The van der Waals surface area contributed by atoms with Gasteiger partial charge in [-0.2, -0.15) is 0 Å². The van der Waals surface area contributed by atoms with Gasteiger partial charge in [0.15, 0.2) is 6.10 Å². The monoisotopic (exact) mass is 437 g/mol. The lowest BCUT2D eigenvalue weighted by Gasteiger charge is -2.16. The number of para-hydroxylation sites is 1. The third-order valence-corrected chi connectivity index (χ3v) is 5.24. The first kappa shape index (κ1) is 21.8. The fourth-order valence-corrected chi connectivity index (χ4v) is 3.43. The first-order valence-electron chi connectivity index (χ1n) is 10.6. The van der Waals surface area contributed by atoms with Crippen LogP contribution in [0.4, 0.5) is 5.69 Å². The van der Waals surface area contributed by atoms with Gasteiger partial charge in [-0.05, 0) is 53.9 Å². The van der Waals surface area contributed by atoms with Crippen molar-refractivity contribution in [2.75, 3.05) is 5.32 Å². The van der Waals surface area contributed by atoms with Crippen LogP contribution in [-0.4, -0.2) is 23.1 Å². The molecule has 0 aliphatic rings. The number of ether oxygens (including phenoxy) is 1. The number of amides is 1. The number of phenolic OH excluding ortho intramolecular Hbond substituents is 1. The number of nitrogens with one attached hydrogen (secondary N) is 1. The molecule has 2 N–H and O–H groups in total. The molecule has 0 bridgehead atoms. The Labute approximate surface area is 192 Å². The van der Waals surface area contributed by atoms with Gasteiger partial charge in [-0.25, -0.2) is 4.79 Å². The van der Waals surface area contributed by atoms with Crippen LogP contribution in [0, 0.1) is 0 Å². The van der Waals surface area contributed by atoms with Gasteiger partial charge < -0.3 is 15.2 Å². The normalized spacial score (nSPS) is 11.4. The number of phenols is 1. The molecular weight excluding hydrogens is 414 g/mol. The van der Waals surface area contributed by atoms with Gasteiger partial charge in [-0.3, -0.25) is 4.79 Å². The van der Waals surface area contributed by atoms with Gasteiger partial charge in [0, 0.05) is 11.3 Å². The van der Waals surface area contributed by atoms with Gasteiger partial charge in [-0.1, -0.05) is 72.8 Å². The van der Waals surface area contributed by atoms with Crippen molar-refractivity contribution in [3.63, 3.8) is 0 Å². The van der Waals surface area contributed by atoms with Crippen LogP contribution < -0.4 is 5.32 Å². The minimum absolute atomic E-state index is 0.192. The molecule has 0 aliphatic carbocycles. The first-order valence-corrected chi connectivity index (χ1v) is 10.6. The van der Waals surface area contributed by atoms with Crippen molar-refractivity contribution in [2.45, 2.75) is 13.0 Å². The van der Waals surface area contributed by atoms with Gasteiger partial charge in [-0.15, -0.1) is 0 Å². The minimum atomic E-state index is -0.974. The first-order chi connectivity index (χ1) is 16.0. The van der Waals surface area contributed by atoms with Crippen molar-refractivity contribution in [1.82, 2.24) is 0 Å². The smallest absolute Gasteiger partial charge is 0.338 e. The Kier molecular flexibility index (Phi) is 6.51. The molecule has 0 saturated heterocycles. The van der Waals surface area contributed by atoms with E-state index in [1.165, 1.54) is 0 Å². The number of hydrogen-bond acceptors (Lipinski definition) is 4. The summed E-state index contributed by atoms with van der Waals surface area (Å²) < 4.78 is 5.39. The molecule has 0 saturated carbocycles. The summed E-state index contributed by atoms with van der Waals surface area (Å²) in [6, 6.07) is 30.9. The topological polar surface area (TPSA) is 75.6 Å². The molecule has 0 aliphatic heterocycles. The summed E-state index contributed by atoms with van der Waals surface area (Å²) in [5, 5.41) is 12.3. The molecule has 164 valence electrons. The molecule has 4 rings (SSSR count). The molecule has 0 spiro atoms. The van der Waals surface area contributed by atoms with E-state index >= 15 is 0 Å². The van der Waals surface area contributed by atoms with Crippen molar-refractivity contribution in [1.29, 1.82) is 0 Å². The largest absolute Gasteiger partial charge is 0.508 e. The lowest BCUT2D eigenvalue weighted by molar-refractivity contribution is -0.123. The summed E-state index contributed by atoms with van der Waals surface area (Å²) in [6.07, 6.45) is -0.974. The van der Waals surface area contributed by atoms with E-state index in [4.69, 9.17) is 4.74 Å². The van der Waals surface area contributed by atoms with Crippen LogP contribution in [0.15, 0.2) is 103 Å². The van der Waals surface area contributed by atoms with E-state index in [1.54, 1.807) is 55.5 Å². The maximum Gasteiger partial charge on any atom is 0.338 e. The van der Waals surface area contributed by atoms with Crippen LogP contribution in [0.25, 0.3) is 22.3 Å². The average Bonchev–Trinajstić information content (AvgIpc) is 2.85. The van der Waals surface area contributed by atoms with Crippen molar-refractivity contribution >= 4 is 17.6 Å². The zero-order valence-electron chi connectivity index (χ0n) is 18.1. The molecule has 0 aromatic heterocycles. The summed E-state index contributed by atoms with van der Waals surface area (Å²) in [4.78, 5) is 25.3. The fraction of sp³-hybridized carbons (Fsp3) is 0.0714. The number of hydrogen-bond donors (Lipinski definition) is 2. The summed E-state index contributed by atoms with van der Waals surface area (Å²) >= 11 is 0. The highest BCUT2D eigenvalue weighted by Gasteiger charge is 2.20. The van der Waals surface area contributed by atoms with E-state index in [9.17, 15) is 14.7 Å². The Hall–Kier alpha value is -4.38. The number of benzene rings is 4. The van der Waals surface area contributed by atoms with Crippen LogP contribution in [-0.2, 0) is 9.53 Å². The van der Waals surface area contributed by atoms with E-state index in [0.29, 0.717) is 11.3 Å². The van der Waals surface area contributed by atoms with Crippen LogP contribution in [0.2, 0.25) is 0 Å². The quantitative estimate of drug-likeness (QED) is 0.368. The zero-order valence-corrected chi connectivity index (χ0v) is 18.1. The van der Waals surface area contributed by atoms with Crippen molar-refractivity contribution in [3.05, 3.63) is 109 Å². The Morgan fingerprint density at radius 2 is 1.30 bits per heavy atom. The molecule has 5 nitrogen and oxygen atoms in total. The number of anilines is 1. The molecular formula is C28H23NO4. The predicted molar refractivity (Wildman–Crippen MR) is 129 cm³/mol. The summed E-state index contributed by atoms with van der Waals surface area (Å²) in [7, 11) is 0. The maximum atomic E-state index is 12.7. The van der Waals surface area contributed by atoms with E-state index in [1.807, 2.05) is 54.6 Å². The number of rotatable bonds is 6. The Morgan fingerprint density at radius 1 is 0.727 bits per heavy atom. The van der Waals surface area contributed by atoms with E-state index < -0.39 is 18.0 Å². The zero-order chi connectivity index (χ0) is 23.2. The van der Waals surface area contributed by atoms with Gasteiger partial charge in [0.05, 0.1) is 5.56 Å². The van der Waals surface area contributed by atoms with Crippen molar-refractivity contribution in [3.8, 4) is 28.0 Å². The third kappa shape index (κ3) is 5.28. The Balaban J connectivity index is 1.41. The fourth-order valence-electron chi connectivity index (χ4n) is 3.43. The van der Waals surface area contributed by atoms with Crippen molar-refractivity contribution in [2.24, 2.45) is 0 Å². The molecule has 33 heavy (non-hydrogen) atoms. The Bertz CT molecular complexity index is 1250. The van der Waals surface area contributed by atoms with Gasteiger partial charge in [0.2, 0.25) is 0 Å².